The van der Waals surface area contributed by atoms with Gasteiger partial charge in [-0.1, -0.05) is 17.7 Å². The fraction of sp³-hybridized carbons (Fsp3) is 0.0833. The highest BCUT2D eigenvalue weighted by molar-refractivity contribution is 6.29. The summed E-state index contributed by atoms with van der Waals surface area (Å²) < 4.78 is 0. The van der Waals surface area contributed by atoms with Crippen LogP contribution in [0, 0.1) is 6.92 Å². The van der Waals surface area contributed by atoms with Crippen molar-refractivity contribution in [2.75, 3.05) is 5.32 Å². The Balaban J connectivity index is 2.22. The van der Waals surface area contributed by atoms with E-state index in [9.17, 15) is 9.90 Å². The third kappa shape index (κ3) is 2.75. The van der Waals surface area contributed by atoms with Crippen LogP contribution in [0.3, 0.4) is 0 Å². The number of nitrogens with zero attached hydrogens (tertiary/aromatic N) is 2. The molecular formula is C12H10ClN3O2. The SMILES string of the molecule is Cc1ccc(C(=O)Nc2cncc(Cl)n2)c(O)c1. The third-order valence-electron chi connectivity index (χ3n) is 2.24. The number of halogens is 1. The highest BCUT2D eigenvalue weighted by Gasteiger charge is 2.12. The smallest absolute Gasteiger partial charge is 0.260 e. The summed E-state index contributed by atoms with van der Waals surface area (Å²) in [6.07, 6.45) is 2.73. The lowest BCUT2D eigenvalue weighted by Crippen LogP contribution is -2.13. The van der Waals surface area contributed by atoms with E-state index >= 15 is 0 Å². The fourth-order valence-electron chi connectivity index (χ4n) is 1.42. The first-order chi connectivity index (χ1) is 8.56. The number of nitrogens with one attached hydrogen (secondary N) is 1. The van der Waals surface area contributed by atoms with Crippen LogP contribution in [0.1, 0.15) is 15.9 Å². The van der Waals surface area contributed by atoms with E-state index in [4.69, 9.17) is 11.6 Å². The van der Waals surface area contributed by atoms with Crippen molar-refractivity contribution in [3.63, 3.8) is 0 Å². The molecule has 0 bridgehead atoms. The summed E-state index contributed by atoms with van der Waals surface area (Å²) in [6, 6.07) is 4.79. The minimum absolute atomic E-state index is 0.0810. The van der Waals surface area contributed by atoms with Gasteiger partial charge in [0.25, 0.3) is 5.91 Å². The van der Waals surface area contributed by atoms with Gasteiger partial charge in [-0.3, -0.25) is 9.78 Å². The van der Waals surface area contributed by atoms with Gasteiger partial charge in [0, 0.05) is 0 Å². The maximum Gasteiger partial charge on any atom is 0.260 e. The molecule has 0 atom stereocenters. The summed E-state index contributed by atoms with van der Waals surface area (Å²) in [6.45, 7) is 1.82. The van der Waals surface area contributed by atoms with E-state index in [1.165, 1.54) is 24.5 Å². The van der Waals surface area contributed by atoms with Crippen LogP contribution in [0.2, 0.25) is 5.15 Å². The molecule has 2 aromatic rings. The highest BCUT2D eigenvalue weighted by Crippen LogP contribution is 2.19. The van der Waals surface area contributed by atoms with Crippen LogP contribution in [0.4, 0.5) is 5.82 Å². The Kier molecular flexibility index (Phi) is 3.43. The van der Waals surface area contributed by atoms with E-state index in [1.54, 1.807) is 6.07 Å². The number of phenolic OH excluding ortho intramolecular Hbond substituents is 1. The Morgan fingerprint density at radius 3 is 2.83 bits per heavy atom. The van der Waals surface area contributed by atoms with Crippen molar-refractivity contribution >= 4 is 23.3 Å². The van der Waals surface area contributed by atoms with Crippen molar-refractivity contribution in [2.24, 2.45) is 0 Å². The molecule has 1 amide bonds. The minimum Gasteiger partial charge on any atom is -0.507 e. The van der Waals surface area contributed by atoms with E-state index in [2.05, 4.69) is 15.3 Å². The number of hydrogen-bond donors (Lipinski definition) is 2. The van der Waals surface area contributed by atoms with Gasteiger partial charge in [0.15, 0.2) is 5.82 Å². The molecular weight excluding hydrogens is 254 g/mol. The minimum atomic E-state index is -0.468. The summed E-state index contributed by atoms with van der Waals surface area (Å²) in [5.74, 6) is -0.320. The Bertz CT molecular complexity index is 602. The molecule has 1 heterocycles. The molecule has 0 fully saturated rings. The molecule has 0 aliphatic carbocycles. The van der Waals surface area contributed by atoms with Crippen LogP contribution in [0.5, 0.6) is 5.75 Å². The van der Waals surface area contributed by atoms with Gasteiger partial charge in [0.1, 0.15) is 10.9 Å². The second kappa shape index (κ2) is 5.01. The molecule has 0 spiro atoms. The zero-order chi connectivity index (χ0) is 13.1. The quantitative estimate of drug-likeness (QED) is 0.872. The van der Waals surface area contributed by atoms with Gasteiger partial charge in [-0.05, 0) is 24.6 Å². The van der Waals surface area contributed by atoms with Crippen molar-refractivity contribution in [2.45, 2.75) is 6.92 Å². The number of rotatable bonds is 2. The summed E-state index contributed by atoms with van der Waals surface area (Å²) in [4.78, 5) is 19.5. The maximum atomic E-state index is 11.9. The van der Waals surface area contributed by atoms with Crippen LogP contribution in [0.15, 0.2) is 30.6 Å². The molecule has 0 saturated heterocycles. The molecule has 5 nitrogen and oxygen atoms in total. The Morgan fingerprint density at radius 1 is 1.39 bits per heavy atom. The first kappa shape index (κ1) is 12.3. The van der Waals surface area contributed by atoms with Gasteiger partial charge in [-0.2, -0.15) is 0 Å². The van der Waals surface area contributed by atoms with Crippen molar-refractivity contribution in [3.8, 4) is 5.75 Å². The Labute approximate surface area is 108 Å². The monoisotopic (exact) mass is 263 g/mol. The summed E-state index contributed by atoms with van der Waals surface area (Å²) in [5, 5.41) is 12.4. The average molecular weight is 264 g/mol. The standard InChI is InChI=1S/C12H10ClN3O2/c1-7-2-3-8(9(17)4-7)12(18)16-11-6-14-5-10(13)15-11/h2-6,17H,1H3,(H,15,16,18). The maximum absolute atomic E-state index is 11.9. The first-order valence-corrected chi connectivity index (χ1v) is 5.52. The number of benzene rings is 1. The molecule has 1 aromatic carbocycles. The molecule has 18 heavy (non-hydrogen) atoms. The number of carbonyl (C=O) groups is 1. The Hall–Kier alpha value is -2.14. The van der Waals surface area contributed by atoms with Gasteiger partial charge in [-0.25, -0.2) is 4.98 Å². The van der Waals surface area contributed by atoms with E-state index in [0.29, 0.717) is 0 Å². The molecule has 1 aromatic heterocycles. The van der Waals surface area contributed by atoms with E-state index in [-0.39, 0.29) is 22.3 Å². The summed E-state index contributed by atoms with van der Waals surface area (Å²) in [5.41, 5.74) is 1.04. The van der Waals surface area contributed by atoms with Crippen LogP contribution < -0.4 is 5.32 Å². The third-order valence-corrected chi connectivity index (χ3v) is 2.43. The van der Waals surface area contributed by atoms with E-state index in [0.717, 1.165) is 5.56 Å². The second-order valence-electron chi connectivity index (χ2n) is 3.70. The number of anilines is 1. The molecule has 6 heteroatoms. The number of carbonyl (C=O) groups excluding carboxylic acids is 1. The van der Waals surface area contributed by atoms with Gasteiger partial charge in [0.2, 0.25) is 0 Å². The first-order valence-electron chi connectivity index (χ1n) is 5.15. The molecule has 0 aliphatic rings. The number of phenols is 1. The van der Waals surface area contributed by atoms with Crippen molar-refractivity contribution < 1.29 is 9.90 Å². The van der Waals surface area contributed by atoms with E-state index < -0.39 is 5.91 Å². The Morgan fingerprint density at radius 2 is 2.17 bits per heavy atom. The molecule has 0 saturated carbocycles. The van der Waals surface area contributed by atoms with Crippen LogP contribution in [0.25, 0.3) is 0 Å². The van der Waals surface area contributed by atoms with Crippen LogP contribution in [-0.4, -0.2) is 21.0 Å². The largest absolute Gasteiger partial charge is 0.507 e. The van der Waals surface area contributed by atoms with Gasteiger partial charge < -0.3 is 10.4 Å². The molecule has 0 radical (unpaired) electrons. The van der Waals surface area contributed by atoms with Crippen molar-refractivity contribution in [1.29, 1.82) is 0 Å². The molecule has 0 unspecified atom stereocenters. The molecule has 2 rings (SSSR count). The topological polar surface area (TPSA) is 75.1 Å². The van der Waals surface area contributed by atoms with Crippen molar-refractivity contribution in [1.82, 2.24) is 9.97 Å². The zero-order valence-corrected chi connectivity index (χ0v) is 10.3. The van der Waals surface area contributed by atoms with E-state index in [1.807, 2.05) is 6.92 Å². The number of aromatic nitrogens is 2. The number of amides is 1. The molecule has 92 valence electrons. The number of aromatic hydroxyl groups is 1. The lowest BCUT2D eigenvalue weighted by Gasteiger charge is -2.06. The zero-order valence-electron chi connectivity index (χ0n) is 9.51. The normalized spacial score (nSPS) is 10.1. The molecule has 0 aliphatic heterocycles. The lowest BCUT2D eigenvalue weighted by atomic mass is 10.1. The predicted octanol–water partition coefficient (Wildman–Crippen LogP) is 2.40. The highest BCUT2D eigenvalue weighted by atomic mass is 35.5. The summed E-state index contributed by atoms with van der Waals surface area (Å²) in [7, 11) is 0. The fourth-order valence-corrected chi connectivity index (χ4v) is 1.57. The average Bonchev–Trinajstić information content (AvgIpc) is 2.28. The number of hydrogen-bond acceptors (Lipinski definition) is 4. The van der Waals surface area contributed by atoms with Crippen LogP contribution in [-0.2, 0) is 0 Å². The second-order valence-corrected chi connectivity index (χ2v) is 4.09. The van der Waals surface area contributed by atoms with Gasteiger partial charge in [0.05, 0.1) is 18.0 Å². The van der Waals surface area contributed by atoms with Gasteiger partial charge >= 0.3 is 0 Å². The van der Waals surface area contributed by atoms with Gasteiger partial charge in [-0.15, -0.1) is 0 Å². The number of aryl methyl sites for hydroxylation is 1. The lowest BCUT2D eigenvalue weighted by molar-refractivity contribution is 0.102. The van der Waals surface area contributed by atoms with Crippen LogP contribution >= 0.6 is 11.6 Å². The predicted molar refractivity (Wildman–Crippen MR) is 67.8 cm³/mol. The molecule has 2 N–H and O–H groups in total. The summed E-state index contributed by atoms with van der Waals surface area (Å²) >= 11 is 5.65. The van der Waals surface area contributed by atoms with Crippen molar-refractivity contribution in [3.05, 3.63) is 46.9 Å².